The number of halogens is 1. The third-order valence-corrected chi connectivity index (χ3v) is 3.36. The maximum absolute atomic E-state index is 6.09. The molecular formula is C10H12ClN5. The summed E-state index contributed by atoms with van der Waals surface area (Å²) in [4.78, 5) is 6.61. The van der Waals surface area contributed by atoms with E-state index in [-0.39, 0.29) is 0 Å². The van der Waals surface area contributed by atoms with Crippen molar-refractivity contribution in [2.24, 2.45) is 0 Å². The lowest BCUT2D eigenvalue weighted by Crippen LogP contribution is -2.34. The highest BCUT2D eigenvalue weighted by Crippen LogP contribution is 2.22. The van der Waals surface area contributed by atoms with Crippen LogP contribution < -0.4 is 4.90 Å². The van der Waals surface area contributed by atoms with Crippen molar-refractivity contribution in [1.29, 1.82) is 0 Å². The minimum Gasteiger partial charge on any atom is -0.353 e. The molecule has 2 aromatic heterocycles. The van der Waals surface area contributed by atoms with Crippen molar-refractivity contribution in [1.82, 2.24) is 19.6 Å². The van der Waals surface area contributed by atoms with Crippen molar-refractivity contribution in [3.05, 3.63) is 18.7 Å². The van der Waals surface area contributed by atoms with Crippen LogP contribution in [0.2, 0.25) is 0 Å². The van der Waals surface area contributed by atoms with Crippen LogP contribution in [0.25, 0.3) is 5.65 Å². The van der Waals surface area contributed by atoms with Crippen molar-refractivity contribution >= 4 is 23.1 Å². The van der Waals surface area contributed by atoms with Gasteiger partial charge in [0, 0.05) is 30.9 Å². The van der Waals surface area contributed by atoms with Crippen molar-refractivity contribution in [2.75, 3.05) is 18.0 Å². The molecule has 1 fully saturated rings. The van der Waals surface area contributed by atoms with Gasteiger partial charge in [0.15, 0.2) is 5.82 Å². The van der Waals surface area contributed by atoms with Crippen LogP contribution in [0.5, 0.6) is 0 Å². The average molecular weight is 238 g/mol. The van der Waals surface area contributed by atoms with Crippen molar-refractivity contribution in [3.63, 3.8) is 0 Å². The summed E-state index contributed by atoms with van der Waals surface area (Å²) in [5, 5.41) is 8.28. The van der Waals surface area contributed by atoms with Gasteiger partial charge in [-0.15, -0.1) is 21.8 Å². The predicted octanol–water partition coefficient (Wildman–Crippen LogP) is 1.33. The number of hydrogen-bond acceptors (Lipinski definition) is 4. The number of anilines is 1. The standard InChI is InChI=1S/C10H12ClN5/c11-8-1-4-15(5-2-8)9-10-14-13-7-16(10)6-3-12-9/h3,6-8H,1-2,4-5H2. The number of hydrogen-bond donors (Lipinski definition) is 0. The SMILES string of the molecule is ClC1CCN(c2nccn3cnnc23)CC1. The average Bonchev–Trinajstić information content (AvgIpc) is 2.78. The topological polar surface area (TPSA) is 46.3 Å². The van der Waals surface area contributed by atoms with E-state index in [4.69, 9.17) is 11.6 Å². The Balaban J connectivity index is 1.96. The third-order valence-electron chi connectivity index (χ3n) is 2.92. The molecule has 1 aliphatic rings. The van der Waals surface area contributed by atoms with Crippen molar-refractivity contribution in [3.8, 4) is 0 Å². The van der Waals surface area contributed by atoms with Crippen LogP contribution in [0.3, 0.4) is 0 Å². The molecule has 0 amide bonds. The van der Waals surface area contributed by atoms with Crippen molar-refractivity contribution < 1.29 is 0 Å². The Bertz CT molecular complexity index is 489. The molecule has 0 N–H and O–H groups in total. The first-order chi connectivity index (χ1) is 7.84. The van der Waals surface area contributed by atoms with Gasteiger partial charge in [-0.3, -0.25) is 4.40 Å². The van der Waals surface area contributed by atoms with Gasteiger partial charge >= 0.3 is 0 Å². The molecule has 6 heteroatoms. The van der Waals surface area contributed by atoms with Gasteiger partial charge in [-0.25, -0.2) is 4.98 Å². The van der Waals surface area contributed by atoms with E-state index in [2.05, 4.69) is 20.1 Å². The normalized spacial score (nSPS) is 18.2. The fourth-order valence-electron chi connectivity index (χ4n) is 2.03. The zero-order valence-corrected chi connectivity index (χ0v) is 9.51. The fraction of sp³-hybridized carbons (Fsp3) is 0.500. The van der Waals surface area contributed by atoms with E-state index in [1.807, 2.05) is 10.6 Å². The van der Waals surface area contributed by atoms with Gasteiger partial charge < -0.3 is 4.90 Å². The third kappa shape index (κ3) is 1.61. The highest BCUT2D eigenvalue weighted by molar-refractivity contribution is 6.20. The first-order valence-electron chi connectivity index (χ1n) is 5.38. The number of fused-ring (bicyclic) bond motifs is 1. The summed E-state index contributed by atoms with van der Waals surface area (Å²) in [5.41, 5.74) is 0.815. The molecule has 16 heavy (non-hydrogen) atoms. The maximum Gasteiger partial charge on any atom is 0.203 e. The highest BCUT2D eigenvalue weighted by Gasteiger charge is 2.20. The molecule has 0 unspecified atom stereocenters. The van der Waals surface area contributed by atoms with Gasteiger partial charge in [0.2, 0.25) is 5.65 Å². The largest absolute Gasteiger partial charge is 0.353 e. The number of rotatable bonds is 1. The van der Waals surface area contributed by atoms with Crippen LogP contribution in [0.4, 0.5) is 5.82 Å². The number of nitrogens with zero attached hydrogens (tertiary/aromatic N) is 5. The second-order valence-corrected chi connectivity index (χ2v) is 4.59. The molecule has 0 radical (unpaired) electrons. The molecule has 5 nitrogen and oxygen atoms in total. The van der Waals surface area contributed by atoms with Gasteiger partial charge in [0.1, 0.15) is 6.33 Å². The highest BCUT2D eigenvalue weighted by atomic mass is 35.5. The summed E-state index contributed by atoms with van der Waals surface area (Å²) >= 11 is 6.09. The van der Waals surface area contributed by atoms with Crippen LogP contribution in [-0.2, 0) is 0 Å². The summed E-state index contributed by atoms with van der Waals surface area (Å²) in [6, 6.07) is 0. The summed E-state index contributed by atoms with van der Waals surface area (Å²) in [6.07, 6.45) is 7.32. The minimum absolute atomic E-state index is 0.300. The Morgan fingerprint density at radius 3 is 2.94 bits per heavy atom. The molecular weight excluding hydrogens is 226 g/mol. The lowest BCUT2D eigenvalue weighted by Gasteiger charge is -2.30. The Labute approximate surface area is 98.1 Å². The van der Waals surface area contributed by atoms with E-state index >= 15 is 0 Å². The molecule has 3 heterocycles. The molecule has 0 bridgehead atoms. The Hall–Kier alpha value is -1.36. The molecule has 1 aliphatic heterocycles. The molecule has 2 aromatic rings. The second kappa shape index (κ2) is 3.90. The quantitative estimate of drug-likeness (QED) is 0.702. The lowest BCUT2D eigenvalue weighted by molar-refractivity contribution is 0.581. The van der Waals surface area contributed by atoms with Crippen molar-refractivity contribution in [2.45, 2.75) is 18.2 Å². The minimum atomic E-state index is 0.300. The number of piperidine rings is 1. The fourth-order valence-corrected chi connectivity index (χ4v) is 2.22. The zero-order valence-electron chi connectivity index (χ0n) is 8.75. The molecule has 84 valence electrons. The first kappa shape index (κ1) is 9.84. The van der Waals surface area contributed by atoms with E-state index in [1.54, 1.807) is 12.5 Å². The molecule has 0 spiro atoms. The number of aromatic nitrogens is 4. The van der Waals surface area contributed by atoms with Gasteiger partial charge in [-0.05, 0) is 12.8 Å². The summed E-state index contributed by atoms with van der Waals surface area (Å²) in [7, 11) is 0. The van der Waals surface area contributed by atoms with Gasteiger partial charge in [0.25, 0.3) is 0 Å². The first-order valence-corrected chi connectivity index (χ1v) is 5.81. The Morgan fingerprint density at radius 2 is 2.12 bits per heavy atom. The van der Waals surface area contributed by atoms with Crippen LogP contribution >= 0.6 is 11.6 Å². The summed E-state index contributed by atoms with van der Waals surface area (Å²) in [6.45, 7) is 1.88. The zero-order chi connectivity index (χ0) is 11.0. The van der Waals surface area contributed by atoms with E-state index < -0.39 is 0 Å². The van der Waals surface area contributed by atoms with Gasteiger partial charge in [-0.1, -0.05) is 0 Å². The molecule has 0 atom stereocenters. The van der Waals surface area contributed by atoms with E-state index in [0.29, 0.717) is 5.38 Å². The molecule has 0 aliphatic carbocycles. The van der Waals surface area contributed by atoms with Gasteiger partial charge in [-0.2, -0.15) is 0 Å². The van der Waals surface area contributed by atoms with E-state index in [9.17, 15) is 0 Å². The molecule has 0 saturated carbocycles. The second-order valence-electron chi connectivity index (χ2n) is 3.97. The van der Waals surface area contributed by atoms with Crippen LogP contribution in [0.15, 0.2) is 18.7 Å². The van der Waals surface area contributed by atoms with Crippen LogP contribution in [-0.4, -0.2) is 38.0 Å². The number of alkyl halides is 1. The Kier molecular flexibility index (Phi) is 2.40. The van der Waals surface area contributed by atoms with Crippen LogP contribution in [0, 0.1) is 0 Å². The van der Waals surface area contributed by atoms with E-state index in [1.165, 1.54) is 0 Å². The van der Waals surface area contributed by atoms with E-state index in [0.717, 1.165) is 37.4 Å². The smallest absolute Gasteiger partial charge is 0.203 e. The lowest BCUT2D eigenvalue weighted by atomic mass is 10.1. The van der Waals surface area contributed by atoms with Gasteiger partial charge in [0.05, 0.1) is 0 Å². The molecule has 3 rings (SSSR count). The maximum atomic E-state index is 6.09. The summed E-state index contributed by atoms with van der Waals surface area (Å²) in [5.74, 6) is 0.906. The van der Waals surface area contributed by atoms with Crippen LogP contribution in [0.1, 0.15) is 12.8 Å². The monoisotopic (exact) mass is 237 g/mol. The Morgan fingerprint density at radius 1 is 1.31 bits per heavy atom. The molecule has 1 saturated heterocycles. The predicted molar refractivity (Wildman–Crippen MR) is 61.9 cm³/mol. The molecule has 0 aromatic carbocycles. The summed E-state index contributed by atoms with van der Waals surface area (Å²) < 4.78 is 1.88.